The van der Waals surface area contributed by atoms with Crippen LogP contribution in [-0.2, 0) is 6.54 Å². The van der Waals surface area contributed by atoms with Gasteiger partial charge in [0.05, 0.1) is 0 Å². The first-order valence-corrected chi connectivity index (χ1v) is 7.98. The maximum Gasteiger partial charge on any atom is 0.0482 e. The normalized spacial score (nSPS) is 16.6. The molecule has 1 heterocycles. The van der Waals surface area contributed by atoms with Gasteiger partial charge < -0.3 is 9.47 Å². The van der Waals surface area contributed by atoms with Crippen LogP contribution in [0.4, 0.5) is 0 Å². The maximum atomic E-state index is 2.59. The van der Waals surface area contributed by atoms with Crippen LogP contribution in [0.3, 0.4) is 0 Å². The Kier molecular flexibility index (Phi) is 4.11. The first-order valence-electron chi connectivity index (χ1n) is 7.98. The monoisotopic (exact) mass is 270 g/mol. The van der Waals surface area contributed by atoms with Gasteiger partial charge in [0.1, 0.15) is 0 Å². The minimum Gasteiger partial charge on any atom is -0.344 e. The van der Waals surface area contributed by atoms with Gasteiger partial charge >= 0.3 is 0 Å². The van der Waals surface area contributed by atoms with E-state index in [1.165, 1.54) is 43.0 Å². The molecular weight excluding hydrogens is 244 g/mol. The number of para-hydroxylation sites is 1. The Balaban J connectivity index is 1.90. The van der Waals surface area contributed by atoms with Crippen LogP contribution in [0.15, 0.2) is 30.3 Å². The fourth-order valence-electron chi connectivity index (χ4n) is 3.59. The third kappa shape index (κ3) is 2.76. The zero-order chi connectivity index (χ0) is 13.9. The Morgan fingerprint density at radius 2 is 1.90 bits per heavy atom. The standard InChI is InChI=1S/C18H26N2/c1-19(2)12-7-13-20-17-11-6-5-10-16(17)14-18(20)15-8-3-4-9-15/h5-6,10-11,14-15H,3-4,7-9,12-13H2,1-2H3. The van der Waals surface area contributed by atoms with Gasteiger partial charge in [-0.15, -0.1) is 0 Å². The van der Waals surface area contributed by atoms with Crippen molar-refractivity contribution >= 4 is 10.9 Å². The summed E-state index contributed by atoms with van der Waals surface area (Å²) in [6.45, 7) is 2.31. The van der Waals surface area contributed by atoms with Crippen LogP contribution in [0.25, 0.3) is 10.9 Å². The SMILES string of the molecule is CN(C)CCCn1c(C2CCCC2)cc2ccccc21. The molecule has 1 aromatic carbocycles. The number of benzene rings is 1. The van der Waals surface area contributed by atoms with Crippen LogP contribution in [0.5, 0.6) is 0 Å². The number of hydrogen-bond donors (Lipinski definition) is 0. The zero-order valence-electron chi connectivity index (χ0n) is 12.8. The predicted octanol–water partition coefficient (Wildman–Crippen LogP) is 4.25. The lowest BCUT2D eigenvalue weighted by Gasteiger charge is -2.16. The average molecular weight is 270 g/mol. The van der Waals surface area contributed by atoms with Gasteiger partial charge in [-0.05, 0) is 63.3 Å². The summed E-state index contributed by atoms with van der Waals surface area (Å²) in [7, 11) is 4.32. The molecule has 0 N–H and O–H groups in total. The number of hydrogen-bond acceptors (Lipinski definition) is 1. The highest BCUT2D eigenvalue weighted by Crippen LogP contribution is 2.37. The molecule has 0 bridgehead atoms. The van der Waals surface area contributed by atoms with E-state index in [0.29, 0.717) is 0 Å². The van der Waals surface area contributed by atoms with E-state index in [1.807, 2.05) is 0 Å². The Hall–Kier alpha value is -1.28. The zero-order valence-corrected chi connectivity index (χ0v) is 12.8. The van der Waals surface area contributed by atoms with E-state index in [-0.39, 0.29) is 0 Å². The van der Waals surface area contributed by atoms with E-state index in [0.717, 1.165) is 19.0 Å². The molecule has 1 fully saturated rings. The molecule has 1 aliphatic rings. The van der Waals surface area contributed by atoms with Gasteiger partial charge in [0.2, 0.25) is 0 Å². The molecule has 0 radical (unpaired) electrons. The second-order valence-electron chi connectivity index (χ2n) is 6.42. The van der Waals surface area contributed by atoms with Crippen LogP contribution in [-0.4, -0.2) is 30.1 Å². The van der Waals surface area contributed by atoms with Crippen LogP contribution < -0.4 is 0 Å². The molecule has 0 aliphatic heterocycles. The predicted molar refractivity (Wildman–Crippen MR) is 86.3 cm³/mol. The van der Waals surface area contributed by atoms with E-state index in [1.54, 1.807) is 5.69 Å². The van der Waals surface area contributed by atoms with Crippen molar-refractivity contribution in [2.45, 2.75) is 44.6 Å². The van der Waals surface area contributed by atoms with Crippen molar-refractivity contribution in [2.24, 2.45) is 0 Å². The molecule has 3 rings (SSSR count). The van der Waals surface area contributed by atoms with Gasteiger partial charge in [-0.3, -0.25) is 0 Å². The summed E-state index contributed by atoms with van der Waals surface area (Å²) in [6, 6.07) is 11.3. The first-order chi connectivity index (χ1) is 9.75. The molecule has 2 heteroatoms. The van der Waals surface area contributed by atoms with E-state index in [2.05, 4.69) is 53.9 Å². The van der Waals surface area contributed by atoms with E-state index < -0.39 is 0 Å². The lowest BCUT2D eigenvalue weighted by Crippen LogP contribution is -2.16. The Bertz CT molecular complexity index is 562. The third-order valence-electron chi connectivity index (χ3n) is 4.60. The summed E-state index contributed by atoms with van der Waals surface area (Å²) >= 11 is 0. The largest absolute Gasteiger partial charge is 0.344 e. The van der Waals surface area contributed by atoms with Crippen molar-refractivity contribution in [3.8, 4) is 0 Å². The van der Waals surface area contributed by atoms with Gasteiger partial charge in [-0.2, -0.15) is 0 Å². The molecule has 108 valence electrons. The summed E-state index contributed by atoms with van der Waals surface area (Å²) in [6.07, 6.45) is 6.80. The topological polar surface area (TPSA) is 8.17 Å². The smallest absolute Gasteiger partial charge is 0.0482 e. The minimum atomic E-state index is 0.793. The highest BCUT2D eigenvalue weighted by atomic mass is 15.1. The molecule has 1 aliphatic carbocycles. The molecule has 1 saturated carbocycles. The third-order valence-corrected chi connectivity index (χ3v) is 4.60. The van der Waals surface area contributed by atoms with E-state index >= 15 is 0 Å². The van der Waals surface area contributed by atoms with Crippen molar-refractivity contribution < 1.29 is 0 Å². The number of nitrogens with zero attached hydrogens (tertiary/aromatic N) is 2. The number of fused-ring (bicyclic) bond motifs is 1. The molecule has 2 aromatic rings. The summed E-state index contributed by atoms with van der Waals surface area (Å²) < 4.78 is 2.59. The van der Waals surface area contributed by atoms with Crippen molar-refractivity contribution in [3.63, 3.8) is 0 Å². The Labute approximate surface area is 122 Å². The van der Waals surface area contributed by atoms with Crippen molar-refractivity contribution in [3.05, 3.63) is 36.0 Å². The highest BCUT2D eigenvalue weighted by Gasteiger charge is 2.21. The molecular formula is C18H26N2. The lowest BCUT2D eigenvalue weighted by molar-refractivity contribution is 0.385. The molecule has 20 heavy (non-hydrogen) atoms. The van der Waals surface area contributed by atoms with Crippen LogP contribution in [0.2, 0.25) is 0 Å². The summed E-state index contributed by atoms with van der Waals surface area (Å²) in [4.78, 5) is 2.28. The minimum absolute atomic E-state index is 0.793. The second-order valence-corrected chi connectivity index (χ2v) is 6.42. The molecule has 0 saturated heterocycles. The van der Waals surface area contributed by atoms with Crippen molar-refractivity contribution in [1.82, 2.24) is 9.47 Å². The summed E-state index contributed by atoms with van der Waals surface area (Å²) in [5, 5.41) is 1.42. The van der Waals surface area contributed by atoms with E-state index in [9.17, 15) is 0 Å². The van der Waals surface area contributed by atoms with Gasteiger partial charge in [0, 0.05) is 17.8 Å². The average Bonchev–Trinajstić information content (AvgIpc) is 3.05. The Morgan fingerprint density at radius 3 is 2.65 bits per heavy atom. The highest BCUT2D eigenvalue weighted by molar-refractivity contribution is 5.81. The summed E-state index contributed by atoms with van der Waals surface area (Å²) in [5.41, 5.74) is 3.01. The molecule has 0 atom stereocenters. The first kappa shape index (κ1) is 13.7. The molecule has 2 nitrogen and oxygen atoms in total. The van der Waals surface area contributed by atoms with Crippen molar-refractivity contribution in [2.75, 3.05) is 20.6 Å². The Morgan fingerprint density at radius 1 is 1.15 bits per heavy atom. The van der Waals surface area contributed by atoms with Crippen LogP contribution in [0, 0.1) is 0 Å². The van der Waals surface area contributed by atoms with Crippen molar-refractivity contribution in [1.29, 1.82) is 0 Å². The van der Waals surface area contributed by atoms with Gasteiger partial charge in [-0.1, -0.05) is 31.0 Å². The van der Waals surface area contributed by atoms with Gasteiger partial charge in [-0.25, -0.2) is 0 Å². The van der Waals surface area contributed by atoms with Crippen LogP contribution in [0.1, 0.15) is 43.7 Å². The maximum absolute atomic E-state index is 2.59. The quantitative estimate of drug-likeness (QED) is 0.788. The number of aryl methyl sites for hydroxylation is 1. The van der Waals surface area contributed by atoms with Gasteiger partial charge in [0.15, 0.2) is 0 Å². The number of rotatable bonds is 5. The molecule has 0 unspecified atom stereocenters. The lowest BCUT2D eigenvalue weighted by atomic mass is 10.0. The second kappa shape index (κ2) is 6.01. The van der Waals surface area contributed by atoms with Gasteiger partial charge in [0.25, 0.3) is 0 Å². The molecule has 1 aromatic heterocycles. The molecule has 0 spiro atoms. The fraction of sp³-hybridized carbons (Fsp3) is 0.556. The number of aromatic nitrogens is 1. The fourth-order valence-corrected chi connectivity index (χ4v) is 3.59. The molecule has 0 amide bonds. The van der Waals surface area contributed by atoms with Crippen LogP contribution >= 0.6 is 0 Å². The summed E-state index contributed by atoms with van der Waals surface area (Å²) in [5.74, 6) is 0.793. The van der Waals surface area contributed by atoms with E-state index in [4.69, 9.17) is 0 Å².